The summed E-state index contributed by atoms with van der Waals surface area (Å²) in [5.74, 6) is 0.0137. The number of aromatic nitrogens is 2. The largest absolute Gasteiger partial charge is 0.489 e. The van der Waals surface area contributed by atoms with E-state index in [0.717, 1.165) is 69.1 Å². The summed E-state index contributed by atoms with van der Waals surface area (Å²) in [6, 6.07) is 13.1. The van der Waals surface area contributed by atoms with Crippen LogP contribution in [0, 0.1) is 23.0 Å². The summed E-state index contributed by atoms with van der Waals surface area (Å²) < 4.78 is 34.2. The fraction of sp³-hybridized carbons (Fsp3) is 0.200. The fourth-order valence-corrected chi connectivity index (χ4v) is 4.24. The van der Waals surface area contributed by atoms with Gasteiger partial charge in [0, 0.05) is 39.1 Å². The van der Waals surface area contributed by atoms with Gasteiger partial charge < -0.3 is 20.1 Å². The zero-order valence-electron chi connectivity index (χ0n) is 17.7. The lowest BCUT2D eigenvalue weighted by molar-refractivity contribution is 0.311. The molecule has 5 rings (SSSR count). The predicted octanol–water partition coefficient (Wildman–Crippen LogP) is 5.88. The molecular formula is C25H21F2N5O. The van der Waals surface area contributed by atoms with Crippen LogP contribution in [0.5, 0.6) is 5.75 Å². The SMILES string of the molecule is N#C/C=N\NCCCCCOc1c2[nH]c3ccc(F)cc3c2cc2c1[nH]c1ccc(F)cc12. The lowest BCUT2D eigenvalue weighted by atomic mass is 10.1. The van der Waals surface area contributed by atoms with Crippen molar-refractivity contribution in [1.82, 2.24) is 15.4 Å². The molecule has 0 saturated carbocycles. The molecule has 0 aliphatic rings. The molecule has 3 N–H and O–H groups in total. The van der Waals surface area contributed by atoms with Gasteiger partial charge in [0.15, 0.2) is 5.75 Å². The van der Waals surface area contributed by atoms with Gasteiger partial charge in [0.05, 0.1) is 17.6 Å². The Morgan fingerprint density at radius 3 is 2.12 bits per heavy atom. The van der Waals surface area contributed by atoms with Crippen LogP contribution in [-0.4, -0.2) is 29.3 Å². The number of aromatic amines is 2. The summed E-state index contributed by atoms with van der Waals surface area (Å²) >= 11 is 0. The normalized spacial score (nSPS) is 11.8. The van der Waals surface area contributed by atoms with Gasteiger partial charge in [-0.2, -0.15) is 10.4 Å². The van der Waals surface area contributed by atoms with Crippen LogP contribution in [0.4, 0.5) is 8.78 Å². The lowest BCUT2D eigenvalue weighted by Gasteiger charge is -2.09. The van der Waals surface area contributed by atoms with Crippen molar-refractivity contribution in [3.05, 3.63) is 54.1 Å². The minimum atomic E-state index is -0.316. The first kappa shape index (κ1) is 20.8. The van der Waals surface area contributed by atoms with Crippen LogP contribution >= 0.6 is 0 Å². The highest BCUT2D eigenvalue weighted by Gasteiger charge is 2.18. The van der Waals surface area contributed by atoms with Gasteiger partial charge in [0.1, 0.15) is 23.9 Å². The Morgan fingerprint density at radius 1 is 0.879 bits per heavy atom. The number of fused-ring (bicyclic) bond motifs is 6. The van der Waals surface area contributed by atoms with Crippen molar-refractivity contribution in [3.8, 4) is 11.8 Å². The van der Waals surface area contributed by atoms with Crippen LogP contribution in [0.2, 0.25) is 0 Å². The van der Waals surface area contributed by atoms with Gasteiger partial charge in [-0.15, -0.1) is 0 Å². The Morgan fingerprint density at radius 2 is 1.52 bits per heavy atom. The molecule has 0 bridgehead atoms. The first-order chi connectivity index (χ1) is 16.2. The first-order valence-electron chi connectivity index (χ1n) is 10.8. The molecule has 0 unspecified atom stereocenters. The van der Waals surface area contributed by atoms with Crippen LogP contribution in [0.3, 0.4) is 0 Å². The van der Waals surface area contributed by atoms with E-state index in [0.29, 0.717) is 18.9 Å². The fourth-order valence-electron chi connectivity index (χ4n) is 4.24. The quantitative estimate of drug-likeness (QED) is 0.158. The second-order valence-electron chi connectivity index (χ2n) is 7.89. The van der Waals surface area contributed by atoms with E-state index in [1.165, 1.54) is 24.3 Å². The van der Waals surface area contributed by atoms with Gasteiger partial charge in [-0.3, -0.25) is 0 Å². The highest BCUT2D eigenvalue weighted by Crippen LogP contribution is 2.41. The molecule has 0 amide bonds. The summed E-state index contributed by atoms with van der Waals surface area (Å²) in [4.78, 5) is 6.73. The van der Waals surface area contributed by atoms with E-state index < -0.39 is 0 Å². The third kappa shape index (κ3) is 3.94. The molecule has 8 heteroatoms. The molecule has 0 atom stereocenters. The maximum Gasteiger partial charge on any atom is 0.167 e. The zero-order valence-corrected chi connectivity index (χ0v) is 17.7. The Kier molecular flexibility index (Phi) is 5.53. The molecule has 0 saturated heterocycles. The van der Waals surface area contributed by atoms with Crippen LogP contribution in [0.25, 0.3) is 43.6 Å². The second kappa shape index (κ2) is 8.79. The lowest BCUT2D eigenvalue weighted by Crippen LogP contribution is -2.08. The maximum atomic E-state index is 14.0. The van der Waals surface area contributed by atoms with E-state index in [4.69, 9.17) is 10.00 Å². The van der Waals surface area contributed by atoms with Crippen molar-refractivity contribution >= 4 is 49.8 Å². The number of halogens is 2. The van der Waals surface area contributed by atoms with E-state index in [9.17, 15) is 8.78 Å². The Bertz CT molecular complexity index is 1450. The van der Waals surface area contributed by atoms with Gasteiger partial charge in [-0.05, 0) is 61.7 Å². The van der Waals surface area contributed by atoms with Gasteiger partial charge >= 0.3 is 0 Å². The summed E-state index contributed by atoms with van der Waals surface area (Å²) in [6.07, 6.45) is 3.80. The van der Waals surface area contributed by atoms with Crippen LogP contribution < -0.4 is 10.2 Å². The van der Waals surface area contributed by atoms with E-state index in [1.807, 2.05) is 12.1 Å². The van der Waals surface area contributed by atoms with Crippen molar-refractivity contribution in [2.45, 2.75) is 19.3 Å². The van der Waals surface area contributed by atoms with E-state index in [-0.39, 0.29) is 11.6 Å². The molecule has 33 heavy (non-hydrogen) atoms. The van der Waals surface area contributed by atoms with Crippen LogP contribution in [-0.2, 0) is 0 Å². The number of hydrogen-bond acceptors (Lipinski definition) is 4. The number of ether oxygens (including phenoxy) is 1. The van der Waals surface area contributed by atoms with Gasteiger partial charge in [-0.25, -0.2) is 8.78 Å². The smallest absolute Gasteiger partial charge is 0.167 e. The molecule has 2 aromatic heterocycles. The number of rotatable bonds is 8. The van der Waals surface area contributed by atoms with Crippen molar-refractivity contribution in [2.24, 2.45) is 5.10 Å². The van der Waals surface area contributed by atoms with Crippen molar-refractivity contribution < 1.29 is 13.5 Å². The van der Waals surface area contributed by atoms with E-state index in [1.54, 1.807) is 12.1 Å². The summed E-state index contributed by atoms with van der Waals surface area (Å²) in [7, 11) is 0. The minimum absolute atomic E-state index is 0.316. The van der Waals surface area contributed by atoms with Crippen molar-refractivity contribution in [3.63, 3.8) is 0 Å². The topological polar surface area (TPSA) is 89.0 Å². The van der Waals surface area contributed by atoms with Crippen LogP contribution in [0.15, 0.2) is 47.6 Å². The number of hydrogen-bond donors (Lipinski definition) is 3. The van der Waals surface area contributed by atoms with E-state index >= 15 is 0 Å². The molecule has 6 nitrogen and oxygen atoms in total. The standard InChI is InChI=1S/C25H21F2N5O/c26-15-4-6-21-17(12-15)19-14-20-18-13-16(27)5-7-22(18)32-24(20)25(23(19)31-21)33-11-3-1-2-9-29-30-10-8-28/h4-7,10,12-14,29,31-32H,1-3,9,11H2/b30-10-. The Labute approximate surface area is 187 Å². The molecule has 5 aromatic rings. The highest BCUT2D eigenvalue weighted by atomic mass is 19.1. The summed E-state index contributed by atoms with van der Waals surface area (Å²) in [5, 5.41) is 15.3. The molecule has 0 radical (unpaired) electrons. The number of H-pyrrole nitrogens is 2. The third-order valence-electron chi connectivity index (χ3n) is 5.74. The number of unbranched alkanes of at least 4 members (excludes halogenated alkanes) is 2. The summed E-state index contributed by atoms with van der Waals surface area (Å²) in [6.45, 7) is 1.17. The maximum absolute atomic E-state index is 14.0. The van der Waals surface area contributed by atoms with Gasteiger partial charge in [-0.1, -0.05) is 0 Å². The molecule has 3 aromatic carbocycles. The van der Waals surface area contributed by atoms with Gasteiger partial charge in [0.25, 0.3) is 0 Å². The Hall–Kier alpha value is -4.12. The van der Waals surface area contributed by atoms with Crippen molar-refractivity contribution in [2.75, 3.05) is 13.2 Å². The molecule has 0 aliphatic carbocycles. The monoisotopic (exact) mass is 445 g/mol. The van der Waals surface area contributed by atoms with Crippen LogP contribution in [0.1, 0.15) is 19.3 Å². The minimum Gasteiger partial charge on any atom is -0.489 e. The number of benzene rings is 3. The van der Waals surface area contributed by atoms with Gasteiger partial charge in [0.2, 0.25) is 0 Å². The summed E-state index contributed by atoms with van der Waals surface area (Å²) in [5.41, 5.74) is 5.99. The predicted molar refractivity (Wildman–Crippen MR) is 127 cm³/mol. The number of nitrogens with zero attached hydrogens (tertiary/aromatic N) is 2. The number of hydrazone groups is 1. The average molecular weight is 445 g/mol. The van der Waals surface area contributed by atoms with Crippen molar-refractivity contribution in [1.29, 1.82) is 5.26 Å². The Balaban J connectivity index is 1.49. The molecule has 0 spiro atoms. The average Bonchev–Trinajstić information content (AvgIpc) is 3.35. The molecule has 0 aliphatic heterocycles. The first-order valence-corrected chi connectivity index (χ1v) is 10.8. The second-order valence-corrected chi connectivity index (χ2v) is 7.89. The molecule has 2 heterocycles. The highest BCUT2D eigenvalue weighted by molar-refractivity contribution is 6.20. The van der Waals surface area contributed by atoms with E-state index in [2.05, 4.69) is 20.5 Å². The molecule has 166 valence electrons. The molecule has 0 fully saturated rings. The molecular weight excluding hydrogens is 424 g/mol. The zero-order chi connectivity index (χ0) is 22.8. The number of nitriles is 1. The number of nitrogens with one attached hydrogen (secondary N) is 3. The third-order valence-corrected chi connectivity index (χ3v) is 5.74.